The highest BCUT2D eigenvalue weighted by Crippen LogP contribution is 2.33. The molecule has 1 saturated carbocycles. The van der Waals surface area contributed by atoms with Gasteiger partial charge in [-0.05, 0) is 32.1 Å². The average Bonchev–Trinajstić information content (AvgIpc) is 3.15. The molecule has 0 aromatic carbocycles. The van der Waals surface area contributed by atoms with Gasteiger partial charge in [-0.2, -0.15) is 0 Å². The van der Waals surface area contributed by atoms with E-state index in [1.807, 2.05) is 0 Å². The van der Waals surface area contributed by atoms with Gasteiger partial charge in [0.25, 0.3) is 0 Å². The first-order chi connectivity index (χ1) is 9.78. The minimum atomic E-state index is 0.0353. The molecule has 0 aromatic heterocycles. The zero-order valence-corrected chi connectivity index (χ0v) is 12.7. The van der Waals surface area contributed by atoms with Crippen LogP contribution in [0.15, 0.2) is 4.99 Å². The van der Waals surface area contributed by atoms with Gasteiger partial charge in [0, 0.05) is 31.7 Å². The zero-order valence-electron chi connectivity index (χ0n) is 12.7. The molecule has 116 valence electrons. The lowest BCUT2D eigenvalue weighted by Gasteiger charge is -2.24. The Hall–Kier alpha value is -0.810. The molecular weight excluding hydrogens is 254 g/mol. The first-order valence-corrected chi connectivity index (χ1v) is 7.99. The van der Waals surface area contributed by atoms with Crippen molar-refractivity contribution in [1.29, 1.82) is 0 Å². The minimum absolute atomic E-state index is 0.0353. The van der Waals surface area contributed by atoms with E-state index < -0.39 is 0 Å². The molecule has 0 aromatic rings. The van der Waals surface area contributed by atoms with Crippen LogP contribution in [0.2, 0.25) is 0 Å². The van der Waals surface area contributed by atoms with E-state index in [4.69, 9.17) is 9.73 Å². The summed E-state index contributed by atoms with van der Waals surface area (Å²) in [4.78, 5) is 4.71. The van der Waals surface area contributed by atoms with Gasteiger partial charge in [0.1, 0.15) is 0 Å². The third-order valence-corrected chi connectivity index (χ3v) is 4.29. The molecule has 0 amide bonds. The lowest BCUT2D eigenvalue weighted by Crippen LogP contribution is -2.39. The fraction of sp³-hybridized carbons (Fsp3) is 0.933. The number of guanidine groups is 1. The summed E-state index contributed by atoms with van der Waals surface area (Å²) in [5.74, 6) is 1.84. The van der Waals surface area contributed by atoms with Crippen molar-refractivity contribution in [2.45, 2.75) is 39.0 Å². The Kier molecular flexibility index (Phi) is 6.10. The van der Waals surface area contributed by atoms with Crippen molar-refractivity contribution in [3.63, 3.8) is 0 Å². The molecule has 5 heteroatoms. The molecule has 1 saturated heterocycles. The van der Waals surface area contributed by atoms with Gasteiger partial charge >= 0.3 is 0 Å². The molecule has 20 heavy (non-hydrogen) atoms. The topological polar surface area (TPSA) is 65.9 Å². The predicted octanol–water partition coefficient (Wildman–Crippen LogP) is 1.13. The van der Waals surface area contributed by atoms with E-state index in [1.54, 1.807) is 0 Å². The number of aliphatic hydroxyl groups excluding tert-OH is 1. The first-order valence-electron chi connectivity index (χ1n) is 7.99. The molecule has 2 rings (SSSR count). The molecule has 1 aliphatic carbocycles. The predicted molar refractivity (Wildman–Crippen MR) is 80.9 cm³/mol. The Morgan fingerprint density at radius 2 is 2.25 bits per heavy atom. The summed E-state index contributed by atoms with van der Waals surface area (Å²) in [6.07, 6.45) is 5.81. The van der Waals surface area contributed by atoms with Crippen LogP contribution in [0, 0.1) is 11.3 Å². The van der Waals surface area contributed by atoms with E-state index in [0.29, 0.717) is 0 Å². The second-order valence-corrected chi connectivity index (χ2v) is 6.13. The van der Waals surface area contributed by atoms with Gasteiger partial charge < -0.3 is 20.5 Å². The van der Waals surface area contributed by atoms with Crippen LogP contribution in [0.3, 0.4) is 0 Å². The van der Waals surface area contributed by atoms with Crippen molar-refractivity contribution in [3.05, 3.63) is 0 Å². The summed E-state index contributed by atoms with van der Waals surface area (Å²) in [7, 11) is 0. The summed E-state index contributed by atoms with van der Waals surface area (Å²) in [6, 6.07) is 0. The summed E-state index contributed by atoms with van der Waals surface area (Å²) in [5.41, 5.74) is 0.0353. The Morgan fingerprint density at radius 1 is 1.40 bits per heavy atom. The van der Waals surface area contributed by atoms with E-state index >= 15 is 0 Å². The maximum Gasteiger partial charge on any atom is 0.191 e. The van der Waals surface area contributed by atoms with Crippen LogP contribution in [0.4, 0.5) is 0 Å². The van der Waals surface area contributed by atoms with Crippen LogP contribution in [-0.2, 0) is 4.74 Å². The normalized spacial score (nSPS) is 26.8. The van der Waals surface area contributed by atoms with Crippen LogP contribution >= 0.6 is 0 Å². The third kappa shape index (κ3) is 4.94. The van der Waals surface area contributed by atoms with Gasteiger partial charge in [0.15, 0.2) is 5.96 Å². The van der Waals surface area contributed by atoms with Gasteiger partial charge in [-0.3, -0.25) is 4.99 Å². The molecule has 5 nitrogen and oxygen atoms in total. The smallest absolute Gasteiger partial charge is 0.191 e. The van der Waals surface area contributed by atoms with E-state index in [2.05, 4.69) is 17.6 Å². The minimum Gasteiger partial charge on any atom is -0.396 e. The molecule has 2 fully saturated rings. The number of rotatable bonds is 8. The number of aliphatic imine (C=N–C) groups is 1. The van der Waals surface area contributed by atoms with E-state index in [-0.39, 0.29) is 12.0 Å². The van der Waals surface area contributed by atoms with Crippen molar-refractivity contribution >= 4 is 5.96 Å². The Bertz CT molecular complexity index is 310. The number of nitrogens with zero attached hydrogens (tertiary/aromatic N) is 1. The van der Waals surface area contributed by atoms with E-state index in [1.165, 1.54) is 19.3 Å². The monoisotopic (exact) mass is 283 g/mol. The van der Waals surface area contributed by atoms with E-state index in [9.17, 15) is 5.11 Å². The molecule has 0 bridgehead atoms. The number of ether oxygens (including phenoxy) is 1. The molecular formula is C15H29N3O2. The van der Waals surface area contributed by atoms with Gasteiger partial charge in [0.05, 0.1) is 13.2 Å². The highest BCUT2D eigenvalue weighted by Gasteiger charge is 2.34. The van der Waals surface area contributed by atoms with Gasteiger partial charge in [-0.1, -0.05) is 12.8 Å². The van der Waals surface area contributed by atoms with Gasteiger partial charge in [-0.15, -0.1) is 0 Å². The summed E-state index contributed by atoms with van der Waals surface area (Å²) in [5, 5.41) is 15.9. The van der Waals surface area contributed by atoms with Crippen LogP contribution < -0.4 is 10.6 Å². The summed E-state index contributed by atoms with van der Waals surface area (Å²) >= 11 is 0. The molecule has 3 N–H and O–H groups in total. The van der Waals surface area contributed by atoms with Gasteiger partial charge in [0.2, 0.25) is 0 Å². The summed E-state index contributed by atoms with van der Waals surface area (Å²) < 4.78 is 5.50. The molecule has 1 aliphatic heterocycles. The second-order valence-electron chi connectivity index (χ2n) is 6.13. The van der Waals surface area contributed by atoms with Crippen molar-refractivity contribution < 1.29 is 9.84 Å². The fourth-order valence-corrected chi connectivity index (χ4v) is 2.68. The average molecular weight is 283 g/mol. The number of hydrogen-bond acceptors (Lipinski definition) is 3. The molecule has 1 unspecified atom stereocenters. The third-order valence-electron chi connectivity index (χ3n) is 4.29. The number of aliphatic hydroxyl groups is 1. The summed E-state index contributed by atoms with van der Waals surface area (Å²) in [6.45, 7) is 6.41. The Morgan fingerprint density at radius 3 is 2.85 bits per heavy atom. The zero-order chi connectivity index (χ0) is 14.3. The SMILES string of the molecule is CCNC(=NCC1(CCO)CCOC1)NCCC1CC1. The lowest BCUT2D eigenvalue weighted by molar-refractivity contribution is 0.131. The van der Waals surface area contributed by atoms with Crippen molar-refractivity contribution in [2.75, 3.05) is 39.5 Å². The van der Waals surface area contributed by atoms with Crippen LogP contribution in [0.1, 0.15) is 39.0 Å². The molecule has 0 spiro atoms. The molecule has 1 heterocycles. The quantitative estimate of drug-likeness (QED) is 0.461. The molecule has 2 aliphatic rings. The molecule has 1 atom stereocenters. The van der Waals surface area contributed by atoms with Crippen molar-refractivity contribution in [2.24, 2.45) is 16.3 Å². The lowest BCUT2D eigenvalue weighted by atomic mass is 9.84. The second kappa shape index (κ2) is 7.84. The van der Waals surface area contributed by atoms with Crippen LogP contribution in [-0.4, -0.2) is 50.5 Å². The Balaban J connectivity index is 1.81. The largest absolute Gasteiger partial charge is 0.396 e. The first kappa shape index (κ1) is 15.6. The highest BCUT2D eigenvalue weighted by molar-refractivity contribution is 5.79. The maximum atomic E-state index is 9.23. The molecule has 0 radical (unpaired) electrons. The van der Waals surface area contributed by atoms with Crippen molar-refractivity contribution in [1.82, 2.24) is 10.6 Å². The standard InChI is InChI=1S/C15H29N3O2/c1-2-16-14(17-8-5-13-3-4-13)18-11-15(6-9-19)7-10-20-12-15/h13,19H,2-12H2,1H3,(H2,16,17,18). The number of hydrogen-bond donors (Lipinski definition) is 3. The number of nitrogens with one attached hydrogen (secondary N) is 2. The maximum absolute atomic E-state index is 9.23. The van der Waals surface area contributed by atoms with Crippen molar-refractivity contribution in [3.8, 4) is 0 Å². The highest BCUT2D eigenvalue weighted by atomic mass is 16.5. The van der Waals surface area contributed by atoms with Crippen LogP contribution in [0.5, 0.6) is 0 Å². The van der Waals surface area contributed by atoms with E-state index in [0.717, 1.165) is 57.6 Å². The van der Waals surface area contributed by atoms with Gasteiger partial charge in [-0.25, -0.2) is 0 Å². The fourth-order valence-electron chi connectivity index (χ4n) is 2.68. The Labute approximate surface area is 122 Å². The van der Waals surface area contributed by atoms with Crippen LogP contribution in [0.25, 0.3) is 0 Å².